The van der Waals surface area contributed by atoms with Crippen molar-refractivity contribution in [1.82, 2.24) is 5.32 Å². The van der Waals surface area contributed by atoms with Crippen LogP contribution >= 0.6 is 0 Å². The second-order valence-corrected chi connectivity index (χ2v) is 6.67. The van der Waals surface area contributed by atoms with Crippen molar-refractivity contribution < 1.29 is 19.4 Å². The van der Waals surface area contributed by atoms with Crippen LogP contribution in [0.3, 0.4) is 0 Å². The van der Waals surface area contributed by atoms with Gasteiger partial charge in [0.1, 0.15) is 6.61 Å². The second kappa shape index (κ2) is 6.24. The number of nitrogens with one attached hydrogen (secondary N) is 1. The van der Waals surface area contributed by atoms with Crippen molar-refractivity contribution in [1.29, 1.82) is 0 Å². The van der Waals surface area contributed by atoms with Gasteiger partial charge in [-0.1, -0.05) is 48.5 Å². The van der Waals surface area contributed by atoms with Crippen LogP contribution in [0.15, 0.2) is 48.5 Å². The number of carboxylic acids is 1. The van der Waals surface area contributed by atoms with Gasteiger partial charge in [-0.25, -0.2) is 4.79 Å². The van der Waals surface area contributed by atoms with Crippen molar-refractivity contribution >= 4 is 12.1 Å². The van der Waals surface area contributed by atoms with E-state index in [9.17, 15) is 9.59 Å². The summed E-state index contributed by atoms with van der Waals surface area (Å²) in [6.07, 6.45) is 0.467. The maximum Gasteiger partial charge on any atom is 0.407 e. The van der Waals surface area contributed by atoms with Crippen LogP contribution in [0.25, 0.3) is 11.1 Å². The molecule has 2 N–H and O–H groups in total. The maximum atomic E-state index is 12.0. The van der Waals surface area contributed by atoms with Crippen LogP contribution in [0.4, 0.5) is 4.79 Å². The zero-order valence-corrected chi connectivity index (χ0v) is 13.6. The van der Waals surface area contributed by atoms with E-state index in [1.807, 2.05) is 24.3 Å². The number of benzene rings is 2. The Morgan fingerprint density at radius 2 is 1.56 bits per heavy atom. The molecule has 2 aromatic carbocycles. The van der Waals surface area contributed by atoms with E-state index in [1.54, 1.807) is 0 Å². The SMILES string of the molecule is O=C(NC1CC(C(=O)O)C1)OCC1c2ccccc2-c2ccccc21. The quantitative estimate of drug-likeness (QED) is 0.897. The summed E-state index contributed by atoms with van der Waals surface area (Å²) < 4.78 is 5.44. The third-order valence-corrected chi connectivity index (χ3v) is 5.15. The number of hydrogen-bond donors (Lipinski definition) is 2. The molecule has 25 heavy (non-hydrogen) atoms. The molecule has 0 saturated heterocycles. The van der Waals surface area contributed by atoms with Crippen molar-refractivity contribution in [2.24, 2.45) is 5.92 Å². The first-order valence-electron chi connectivity index (χ1n) is 8.48. The fourth-order valence-electron chi connectivity index (χ4n) is 3.74. The topological polar surface area (TPSA) is 75.6 Å². The predicted octanol–water partition coefficient (Wildman–Crippen LogP) is 3.39. The van der Waals surface area contributed by atoms with E-state index in [4.69, 9.17) is 9.84 Å². The molecule has 0 spiro atoms. The Morgan fingerprint density at radius 1 is 1.00 bits per heavy atom. The van der Waals surface area contributed by atoms with Gasteiger partial charge in [-0.15, -0.1) is 0 Å². The lowest BCUT2D eigenvalue weighted by Crippen LogP contribution is -2.47. The molecule has 4 rings (SSSR count). The molecule has 0 aliphatic heterocycles. The molecule has 0 aromatic heterocycles. The lowest BCUT2D eigenvalue weighted by molar-refractivity contribution is -0.145. The number of rotatable bonds is 4. The summed E-state index contributed by atoms with van der Waals surface area (Å²) in [5, 5.41) is 11.6. The zero-order chi connectivity index (χ0) is 17.4. The van der Waals surface area contributed by atoms with E-state index in [-0.39, 0.29) is 24.5 Å². The van der Waals surface area contributed by atoms with E-state index in [0.717, 1.165) is 0 Å². The molecular formula is C20H19NO4. The van der Waals surface area contributed by atoms with Crippen LogP contribution < -0.4 is 5.32 Å². The molecule has 5 nitrogen and oxygen atoms in total. The van der Waals surface area contributed by atoms with Gasteiger partial charge < -0.3 is 15.2 Å². The summed E-state index contributed by atoms with van der Waals surface area (Å²) in [6.45, 7) is 0.273. The van der Waals surface area contributed by atoms with Crippen LogP contribution in [-0.4, -0.2) is 29.8 Å². The molecule has 5 heteroatoms. The van der Waals surface area contributed by atoms with Crippen molar-refractivity contribution in [2.45, 2.75) is 24.8 Å². The maximum absolute atomic E-state index is 12.0. The average molecular weight is 337 g/mol. The summed E-state index contributed by atoms with van der Waals surface area (Å²) in [4.78, 5) is 22.8. The summed E-state index contributed by atoms with van der Waals surface area (Å²) >= 11 is 0. The first-order valence-corrected chi connectivity index (χ1v) is 8.48. The van der Waals surface area contributed by atoms with Gasteiger partial charge in [-0.2, -0.15) is 0 Å². The highest BCUT2D eigenvalue weighted by atomic mass is 16.5. The number of carbonyl (C=O) groups is 2. The smallest absolute Gasteiger partial charge is 0.407 e. The van der Waals surface area contributed by atoms with E-state index in [1.165, 1.54) is 22.3 Å². The van der Waals surface area contributed by atoms with E-state index in [2.05, 4.69) is 29.6 Å². The Hall–Kier alpha value is -2.82. The molecule has 2 aromatic rings. The third kappa shape index (κ3) is 2.86. The van der Waals surface area contributed by atoms with Crippen LogP contribution in [0.2, 0.25) is 0 Å². The van der Waals surface area contributed by atoms with Crippen molar-refractivity contribution in [3.63, 3.8) is 0 Å². The molecule has 0 bridgehead atoms. The number of hydrogen-bond acceptors (Lipinski definition) is 3. The van der Waals surface area contributed by atoms with Gasteiger partial charge in [0.15, 0.2) is 0 Å². The molecule has 1 amide bonds. The van der Waals surface area contributed by atoms with Crippen LogP contribution in [0.1, 0.15) is 29.9 Å². The highest BCUT2D eigenvalue weighted by Crippen LogP contribution is 2.44. The monoisotopic (exact) mass is 337 g/mol. The first kappa shape index (κ1) is 15.7. The fraction of sp³-hybridized carbons (Fsp3) is 0.300. The van der Waals surface area contributed by atoms with Crippen molar-refractivity contribution in [3.8, 4) is 11.1 Å². The molecule has 2 aliphatic carbocycles. The molecule has 0 radical (unpaired) electrons. The van der Waals surface area contributed by atoms with Crippen LogP contribution in [-0.2, 0) is 9.53 Å². The van der Waals surface area contributed by atoms with Gasteiger partial charge in [0.2, 0.25) is 0 Å². The molecule has 1 saturated carbocycles. The van der Waals surface area contributed by atoms with Crippen molar-refractivity contribution in [2.75, 3.05) is 6.61 Å². The lowest BCUT2D eigenvalue weighted by atomic mass is 9.80. The minimum absolute atomic E-state index is 0.0336. The number of ether oxygens (including phenoxy) is 1. The van der Waals surface area contributed by atoms with Gasteiger partial charge in [-0.3, -0.25) is 4.79 Å². The zero-order valence-electron chi connectivity index (χ0n) is 13.6. The molecule has 0 heterocycles. The lowest BCUT2D eigenvalue weighted by Gasteiger charge is -2.32. The standard InChI is InChI=1S/C20H19NO4/c22-19(23)12-9-13(10-12)21-20(24)25-11-18-16-7-3-1-5-14(16)15-6-2-4-8-17(15)18/h1-8,12-13,18H,9-11H2,(H,21,24)(H,22,23). The minimum atomic E-state index is -0.800. The number of alkyl carbamates (subject to hydrolysis) is 1. The fourth-order valence-corrected chi connectivity index (χ4v) is 3.74. The van der Waals surface area contributed by atoms with Crippen LogP contribution in [0, 0.1) is 5.92 Å². The summed E-state index contributed by atoms with van der Waals surface area (Å²) in [6, 6.07) is 16.3. The number of carbonyl (C=O) groups excluding carboxylic acids is 1. The van der Waals surface area contributed by atoms with E-state index < -0.39 is 12.1 Å². The van der Waals surface area contributed by atoms with Gasteiger partial charge in [0, 0.05) is 12.0 Å². The Balaban J connectivity index is 1.40. The highest BCUT2D eigenvalue weighted by Gasteiger charge is 2.36. The molecule has 0 unspecified atom stereocenters. The Kier molecular flexibility index (Phi) is 3.92. The first-order chi connectivity index (χ1) is 12.1. The summed E-state index contributed by atoms with van der Waals surface area (Å²) in [5.41, 5.74) is 4.72. The summed E-state index contributed by atoms with van der Waals surface area (Å²) in [5.74, 6) is -1.12. The van der Waals surface area contributed by atoms with Gasteiger partial charge >= 0.3 is 12.1 Å². The Bertz CT molecular complexity index is 780. The second-order valence-electron chi connectivity index (χ2n) is 6.67. The van der Waals surface area contributed by atoms with Gasteiger partial charge in [0.05, 0.1) is 5.92 Å². The number of fused-ring (bicyclic) bond motifs is 3. The number of amides is 1. The van der Waals surface area contributed by atoms with Gasteiger partial charge in [0.25, 0.3) is 0 Å². The van der Waals surface area contributed by atoms with E-state index >= 15 is 0 Å². The largest absolute Gasteiger partial charge is 0.481 e. The van der Waals surface area contributed by atoms with Crippen molar-refractivity contribution in [3.05, 3.63) is 59.7 Å². The summed E-state index contributed by atoms with van der Waals surface area (Å²) in [7, 11) is 0. The van der Waals surface area contributed by atoms with Gasteiger partial charge in [-0.05, 0) is 35.1 Å². The molecule has 1 fully saturated rings. The molecule has 2 aliphatic rings. The molecule has 0 atom stereocenters. The third-order valence-electron chi connectivity index (χ3n) is 5.15. The Morgan fingerprint density at radius 3 is 2.12 bits per heavy atom. The van der Waals surface area contributed by atoms with Crippen LogP contribution in [0.5, 0.6) is 0 Å². The van der Waals surface area contributed by atoms with E-state index in [0.29, 0.717) is 12.8 Å². The Labute approximate surface area is 145 Å². The highest BCUT2D eigenvalue weighted by molar-refractivity contribution is 5.79. The minimum Gasteiger partial charge on any atom is -0.481 e. The average Bonchev–Trinajstić information content (AvgIpc) is 2.90. The molecular weight excluding hydrogens is 318 g/mol. The predicted molar refractivity (Wildman–Crippen MR) is 92.4 cm³/mol. The normalized spacial score (nSPS) is 21.0. The molecule has 128 valence electrons. The number of carboxylic acid groups (broad SMARTS) is 1. The number of aliphatic carboxylic acids is 1.